The van der Waals surface area contributed by atoms with E-state index in [1.54, 1.807) is 6.20 Å². The molecule has 0 aromatic carbocycles. The number of aliphatic hydroxyl groups is 2. The van der Waals surface area contributed by atoms with Crippen LogP contribution in [0, 0.1) is 0 Å². The Morgan fingerprint density at radius 1 is 1.09 bits per heavy atom. The molecule has 2 aliphatic heterocycles. The van der Waals surface area contributed by atoms with Crippen LogP contribution in [0.25, 0.3) is 10.8 Å². The first kappa shape index (κ1) is 22.7. The minimum Gasteiger partial charge on any atom is -0.390 e. The third-order valence-corrected chi connectivity index (χ3v) is 7.13. The number of pyridine rings is 2. The van der Waals surface area contributed by atoms with Crippen molar-refractivity contribution in [2.75, 3.05) is 34.8 Å². The zero-order valence-corrected chi connectivity index (χ0v) is 20.2. The maximum absolute atomic E-state index is 10.2. The first-order valence-corrected chi connectivity index (χ1v) is 12.0. The zero-order valence-electron chi connectivity index (χ0n) is 20.2. The molecule has 2 atom stereocenters. The van der Waals surface area contributed by atoms with E-state index in [0.29, 0.717) is 42.9 Å². The Bertz CT molecular complexity index is 1190. The van der Waals surface area contributed by atoms with Gasteiger partial charge in [-0.3, -0.25) is 0 Å². The monoisotopic (exact) mass is 463 g/mol. The molecule has 5 heterocycles. The first-order valence-electron chi connectivity index (χ1n) is 12.0. The van der Waals surface area contributed by atoms with E-state index in [-0.39, 0.29) is 12.1 Å². The van der Waals surface area contributed by atoms with Gasteiger partial charge in [0, 0.05) is 43.6 Å². The summed E-state index contributed by atoms with van der Waals surface area (Å²) in [6, 6.07) is 3.92. The number of rotatable bonds is 5. The highest BCUT2D eigenvalue weighted by Gasteiger charge is 2.36. The van der Waals surface area contributed by atoms with Crippen molar-refractivity contribution < 1.29 is 10.2 Å². The molecule has 0 saturated carbocycles. The van der Waals surface area contributed by atoms with Crippen molar-refractivity contribution in [3.05, 3.63) is 36.3 Å². The van der Waals surface area contributed by atoms with E-state index in [4.69, 9.17) is 9.97 Å². The van der Waals surface area contributed by atoms with Crippen LogP contribution in [0.15, 0.2) is 30.7 Å². The quantitative estimate of drug-likeness (QED) is 0.525. The molecular weight excluding hydrogens is 430 g/mol. The molecule has 9 heteroatoms. The van der Waals surface area contributed by atoms with Crippen LogP contribution in [0.2, 0.25) is 0 Å². The topological polar surface area (TPSA) is 111 Å². The highest BCUT2D eigenvalue weighted by molar-refractivity contribution is 5.96. The normalized spacial score (nSPS) is 22.2. The van der Waals surface area contributed by atoms with Crippen molar-refractivity contribution in [1.29, 1.82) is 0 Å². The third kappa shape index (κ3) is 4.25. The molecule has 3 aromatic heterocycles. The van der Waals surface area contributed by atoms with Crippen molar-refractivity contribution >= 4 is 34.2 Å². The number of nitrogens with zero attached hydrogens (tertiary/aromatic N) is 6. The van der Waals surface area contributed by atoms with E-state index in [2.05, 4.69) is 45.0 Å². The maximum Gasteiger partial charge on any atom is 0.227 e. The van der Waals surface area contributed by atoms with Crippen molar-refractivity contribution in [1.82, 2.24) is 19.9 Å². The third-order valence-electron chi connectivity index (χ3n) is 7.13. The number of fused-ring (bicyclic) bond motifs is 1. The molecule has 3 N–H and O–H groups in total. The molecule has 3 aromatic rings. The standard InChI is InChI=1S/C25H33N7O2/c1-15(2)18-12-28-23(32-14-20(33)16(32)3)19-13-27-22(11-17(18)19)29-21-5-8-26-24(30-21)31-9-6-25(4,34)7-10-31/h5,8,11-13,15-16,20,33-34H,6-7,9-10,14H2,1-4H3,(H,26,27,29,30)/t16-,20+/m1/s1. The van der Waals surface area contributed by atoms with Gasteiger partial charge in [-0.1, -0.05) is 13.8 Å². The fourth-order valence-corrected chi connectivity index (χ4v) is 4.66. The van der Waals surface area contributed by atoms with Gasteiger partial charge in [-0.2, -0.15) is 4.98 Å². The van der Waals surface area contributed by atoms with Gasteiger partial charge < -0.3 is 25.3 Å². The summed E-state index contributed by atoms with van der Waals surface area (Å²) in [4.78, 5) is 22.8. The highest BCUT2D eigenvalue weighted by Crippen LogP contribution is 2.36. The Kier molecular flexibility index (Phi) is 5.77. The lowest BCUT2D eigenvalue weighted by Crippen LogP contribution is -2.59. The molecule has 180 valence electrons. The number of nitrogens with one attached hydrogen (secondary N) is 1. The number of hydrogen-bond donors (Lipinski definition) is 3. The van der Waals surface area contributed by atoms with Crippen LogP contribution >= 0.6 is 0 Å². The molecule has 0 bridgehead atoms. The van der Waals surface area contributed by atoms with Crippen molar-refractivity contribution in [2.24, 2.45) is 0 Å². The van der Waals surface area contributed by atoms with E-state index in [0.717, 1.165) is 35.2 Å². The molecule has 34 heavy (non-hydrogen) atoms. The van der Waals surface area contributed by atoms with Gasteiger partial charge in [0.25, 0.3) is 0 Å². The summed E-state index contributed by atoms with van der Waals surface area (Å²) in [6.07, 6.45) is 6.61. The minimum absolute atomic E-state index is 0.0383. The molecule has 0 amide bonds. The summed E-state index contributed by atoms with van der Waals surface area (Å²) in [5.41, 5.74) is 0.538. The van der Waals surface area contributed by atoms with Crippen LogP contribution in [-0.4, -0.2) is 67.5 Å². The van der Waals surface area contributed by atoms with Gasteiger partial charge in [0.15, 0.2) is 0 Å². The zero-order chi connectivity index (χ0) is 24.0. The Morgan fingerprint density at radius 2 is 1.85 bits per heavy atom. The predicted molar refractivity (Wildman–Crippen MR) is 134 cm³/mol. The maximum atomic E-state index is 10.2. The fourth-order valence-electron chi connectivity index (χ4n) is 4.66. The van der Waals surface area contributed by atoms with Crippen molar-refractivity contribution in [2.45, 2.75) is 64.2 Å². The summed E-state index contributed by atoms with van der Waals surface area (Å²) >= 11 is 0. The summed E-state index contributed by atoms with van der Waals surface area (Å²) < 4.78 is 0. The number of piperidine rings is 1. The van der Waals surface area contributed by atoms with E-state index in [1.165, 1.54) is 0 Å². The Hall–Kier alpha value is -3.04. The van der Waals surface area contributed by atoms with Gasteiger partial charge in [0.1, 0.15) is 17.5 Å². The molecule has 2 saturated heterocycles. The molecule has 0 unspecified atom stereocenters. The van der Waals surface area contributed by atoms with Crippen LogP contribution in [0.4, 0.5) is 23.4 Å². The van der Waals surface area contributed by atoms with Crippen LogP contribution in [0.1, 0.15) is 52.0 Å². The molecule has 0 spiro atoms. The van der Waals surface area contributed by atoms with Gasteiger partial charge in [0.2, 0.25) is 5.95 Å². The lowest BCUT2D eigenvalue weighted by molar-refractivity contribution is 0.0349. The number of anilines is 4. The molecule has 2 fully saturated rings. The highest BCUT2D eigenvalue weighted by atomic mass is 16.3. The Morgan fingerprint density at radius 3 is 2.53 bits per heavy atom. The van der Waals surface area contributed by atoms with Crippen LogP contribution < -0.4 is 15.1 Å². The molecule has 2 aliphatic rings. The molecule has 9 nitrogen and oxygen atoms in total. The van der Waals surface area contributed by atoms with Gasteiger partial charge >= 0.3 is 0 Å². The first-order chi connectivity index (χ1) is 16.2. The lowest BCUT2D eigenvalue weighted by atomic mass is 9.94. The second-order valence-electron chi connectivity index (χ2n) is 10.1. The summed E-state index contributed by atoms with van der Waals surface area (Å²) in [5, 5.41) is 25.6. The number of β-amino-alcohol motifs (C(OH)–C–C–N with tert-alkyl or cyclic N) is 1. The fraction of sp³-hybridized carbons (Fsp3) is 0.520. The smallest absolute Gasteiger partial charge is 0.227 e. The summed E-state index contributed by atoms with van der Waals surface area (Å²) in [6.45, 7) is 10.2. The average molecular weight is 464 g/mol. The van der Waals surface area contributed by atoms with Crippen LogP contribution in [0.5, 0.6) is 0 Å². The average Bonchev–Trinajstić information content (AvgIpc) is 2.81. The summed E-state index contributed by atoms with van der Waals surface area (Å²) in [7, 11) is 0. The van der Waals surface area contributed by atoms with E-state index >= 15 is 0 Å². The minimum atomic E-state index is -0.616. The van der Waals surface area contributed by atoms with Gasteiger partial charge in [-0.05, 0) is 55.7 Å². The number of hydrogen-bond acceptors (Lipinski definition) is 9. The number of aromatic nitrogens is 4. The van der Waals surface area contributed by atoms with Gasteiger partial charge in [-0.25, -0.2) is 15.0 Å². The summed E-state index contributed by atoms with van der Waals surface area (Å²) in [5.74, 6) is 3.20. The van der Waals surface area contributed by atoms with E-state index < -0.39 is 5.60 Å². The number of aliphatic hydroxyl groups excluding tert-OH is 1. The second-order valence-corrected chi connectivity index (χ2v) is 10.1. The molecular formula is C25H33N7O2. The predicted octanol–water partition coefficient (Wildman–Crippen LogP) is 3.21. The van der Waals surface area contributed by atoms with E-state index in [9.17, 15) is 10.2 Å². The van der Waals surface area contributed by atoms with Gasteiger partial charge in [-0.15, -0.1) is 0 Å². The lowest BCUT2D eigenvalue weighted by Gasteiger charge is -2.44. The SMILES string of the molecule is CC(C)c1cnc(N2C[C@H](O)[C@H]2C)c2cnc(Nc3ccnc(N4CCC(C)(O)CC4)n3)cc12. The second kappa shape index (κ2) is 8.63. The molecule has 5 rings (SSSR count). The van der Waals surface area contributed by atoms with Crippen molar-refractivity contribution in [3.8, 4) is 0 Å². The molecule has 0 radical (unpaired) electrons. The van der Waals surface area contributed by atoms with Crippen LogP contribution in [-0.2, 0) is 0 Å². The largest absolute Gasteiger partial charge is 0.390 e. The van der Waals surface area contributed by atoms with Gasteiger partial charge in [0.05, 0.1) is 17.7 Å². The van der Waals surface area contributed by atoms with E-state index in [1.807, 2.05) is 32.3 Å². The van der Waals surface area contributed by atoms with Crippen LogP contribution in [0.3, 0.4) is 0 Å². The Labute approximate surface area is 199 Å². The van der Waals surface area contributed by atoms with Crippen molar-refractivity contribution in [3.63, 3.8) is 0 Å². The Balaban J connectivity index is 1.43. The molecule has 0 aliphatic carbocycles.